The molecule has 2 unspecified atom stereocenters. The van der Waals surface area contributed by atoms with Gasteiger partial charge in [-0.2, -0.15) is 5.10 Å². The monoisotopic (exact) mass is 533 g/mol. The van der Waals surface area contributed by atoms with Crippen molar-refractivity contribution in [2.75, 3.05) is 18.2 Å². The first-order chi connectivity index (χ1) is 15.1. The van der Waals surface area contributed by atoms with E-state index in [0.29, 0.717) is 15.9 Å². The quantitative estimate of drug-likeness (QED) is 0.585. The number of carbonyl (C=O) groups is 1. The number of hydrogen-bond acceptors (Lipinski definition) is 7. The lowest BCUT2D eigenvalue weighted by molar-refractivity contribution is -0.274. The van der Waals surface area contributed by atoms with E-state index in [1.54, 1.807) is 24.3 Å². The van der Waals surface area contributed by atoms with E-state index >= 15 is 0 Å². The number of nitrogens with zero attached hydrogens (tertiary/aromatic N) is 4. The minimum absolute atomic E-state index is 0.0956. The van der Waals surface area contributed by atoms with Crippen LogP contribution in [0.3, 0.4) is 0 Å². The molecule has 2 N–H and O–H groups in total. The summed E-state index contributed by atoms with van der Waals surface area (Å²) in [5, 5.41) is 18.4. The summed E-state index contributed by atoms with van der Waals surface area (Å²) in [6.45, 7) is 0.248. The maximum Gasteiger partial charge on any atom is 0.573 e. The van der Waals surface area contributed by atoms with Gasteiger partial charge in [-0.1, -0.05) is 33.6 Å². The second-order valence-electron chi connectivity index (χ2n) is 7.10. The summed E-state index contributed by atoms with van der Waals surface area (Å²) >= 11 is 9.22. The van der Waals surface area contributed by atoms with E-state index in [-0.39, 0.29) is 30.5 Å². The predicted octanol–water partition coefficient (Wildman–Crippen LogP) is 3.41. The fourth-order valence-electron chi connectivity index (χ4n) is 3.50. The van der Waals surface area contributed by atoms with Crippen LogP contribution < -0.4 is 15.1 Å². The van der Waals surface area contributed by atoms with Crippen LogP contribution in [0.2, 0.25) is 5.15 Å². The largest absolute Gasteiger partial charge is 0.573 e. The van der Waals surface area contributed by atoms with E-state index in [0.717, 1.165) is 0 Å². The lowest BCUT2D eigenvalue weighted by Crippen LogP contribution is -2.35. The van der Waals surface area contributed by atoms with Gasteiger partial charge in [-0.05, 0) is 35.9 Å². The number of rotatable bonds is 4. The zero-order valence-corrected chi connectivity index (χ0v) is 18.5. The lowest BCUT2D eigenvalue weighted by Gasteiger charge is -2.23. The Morgan fingerprint density at radius 2 is 2.09 bits per heavy atom. The summed E-state index contributed by atoms with van der Waals surface area (Å²) in [6.07, 6.45) is -5.60. The summed E-state index contributed by atoms with van der Waals surface area (Å²) in [7, 11) is 0. The molecule has 1 amide bonds. The van der Waals surface area contributed by atoms with E-state index in [9.17, 15) is 23.1 Å². The van der Waals surface area contributed by atoms with E-state index in [1.807, 2.05) is 0 Å². The van der Waals surface area contributed by atoms with E-state index in [4.69, 9.17) is 11.6 Å². The van der Waals surface area contributed by atoms with Crippen LogP contribution in [-0.4, -0.2) is 52.4 Å². The molecule has 8 nitrogen and oxygen atoms in total. The standard InChI is InChI=1S/C19H16BrClF3N5O3/c20-11-4-10(5-12(6-11)32-19(22,23)24)14-7-13(18(31)28-8-17(30)25-9-28)27-29(14)16-3-1-2-15(21)26-16/h1-6,14,17,25,30H,7-9H2. The van der Waals surface area contributed by atoms with Crippen molar-refractivity contribution in [1.29, 1.82) is 0 Å². The number of aliphatic hydroxyl groups is 1. The van der Waals surface area contributed by atoms with Crippen LogP contribution in [0.5, 0.6) is 5.75 Å². The summed E-state index contributed by atoms with van der Waals surface area (Å²) < 4.78 is 42.7. The van der Waals surface area contributed by atoms with Crippen molar-refractivity contribution in [3.63, 3.8) is 0 Å². The molecule has 2 atom stereocenters. The summed E-state index contributed by atoms with van der Waals surface area (Å²) in [4.78, 5) is 18.5. The van der Waals surface area contributed by atoms with Crippen molar-refractivity contribution in [3.8, 4) is 5.75 Å². The second-order valence-corrected chi connectivity index (χ2v) is 8.41. The van der Waals surface area contributed by atoms with Gasteiger partial charge in [0, 0.05) is 10.9 Å². The lowest BCUT2D eigenvalue weighted by atomic mass is 10.0. The highest BCUT2D eigenvalue weighted by atomic mass is 79.9. The van der Waals surface area contributed by atoms with Crippen molar-refractivity contribution in [2.24, 2.45) is 5.10 Å². The van der Waals surface area contributed by atoms with Gasteiger partial charge in [0.15, 0.2) is 5.82 Å². The summed E-state index contributed by atoms with van der Waals surface area (Å²) in [5.41, 5.74) is 0.595. The van der Waals surface area contributed by atoms with Crippen LogP contribution in [0.4, 0.5) is 19.0 Å². The Bertz CT molecular complexity index is 1070. The summed E-state index contributed by atoms with van der Waals surface area (Å²) in [6, 6.07) is 8.25. The third-order valence-electron chi connectivity index (χ3n) is 4.80. The van der Waals surface area contributed by atoms with Crippen LogP contribution in [0, 0.1) is 0 Å². The molecule has 13 heteroatoms. The highest BCUT2D eigenvalue weighted by Crippen LogP contribution is 2.38. The number of anilines is 1. The number of carbonyl (C=O) groups excluding carboxylic acids is 1. The van der Waals surface area contributed by atoms with Crippen LogP contribution in [-0.2, 0) is 4.79 Å². The highest BCUT2D eigenvalue weighted by Gasteiger charge is 2.37. The topological polar surface area (TPSA) is 90.3 Å². The molecular weight excluding hydrogens is 519 g/mol. The van der Waals surface area contributed by atoms with Crippen molar-refractivity contribution in [2.45, 2.75) is 25.1 Å². The number of amides is 1. The smallest absolute Gasteiger partial charge is 0.406 e. The zero-order valence-electron chi connectivity index (χ0n) is 16.2. The molecule has 2 aromatic rings. The van der Waals surface area contributed by atoms with Gasteiger partial charge in [0.1, 0.15) is 22.8 Å². The van der Waals surface area contributed by atoms with Gasteiger partial charge in [0.05, 0.1) is 19.3 Å². The number of hydrogen-bond donors (Lipinski definition) is 2. The molecule has 170 valence electrons. The molecule has 1 fully saturated rings. The molecule has 1 aromatic heterocycles. The molecule has 2 aliphatic rings. The van der Waals surface area contributed by atoms with Gasteiger partial charge in [-0.3, -0.25) is 10.1 Å². The van der Waals surface area contributed by atoms with E-state index < -0.39 is 30.3 Å². The van der Waals surface area contributed by atoms with Crippen molar-refractivity contribution >= 4 is 45.0 Å². The molecule has 0 bridgehead atoms. The molecule has 2 aliphatic heterocycles. The molecular formula is C19H16BrClF3N5O3. The Morgan fingerprint density at radius 1 is 1.31 bits per heavy atom. The predicted molar refractivity (Wildman–Crippen MR) is 113 cm³/mol. The third kappa shape index (κ3) is 5.14. The van der Waals surface area contributed by atoms with E-state index in [1.165, 1.54) is 22.0 Å². The van der Waals surface area contributed by atoms with Gasteiger partial charge in [-0.15, -0.1) is 13.2 Å². The SMILES string of the molecule is O=C(C1=NN(c2cccc(Cl)n2)C(c2cc(Br)cc(OC(F)(F)F)c2)C1)N1CNC(O)C1. The molecule has 0 spiro atoms. The van der Waals surface area contributed by atoms with Gasteiger partial charge < -0.3 is 14.7 Å². The number of β-amino-alcohol motifs (C(OH)–C–C–N with tert-alkyl or cyclic N) is 1. The first-order valence-corrected chi connectivity index (χ1v) is 10.5. The molecule has 4 rings (SSSR count). The maximum atomic E-state index is 12.9. The molecule has 1 saturated heterocycles. The van der Waals surface area contributed by atoms with E-state index in [2.05, 4.69) is 36.1 Å². The van der Waals surface area contributed by atoms with Crippen molar-refractivity contribution in [3.05, 3.63) is 51.6 Å². The zero-order chi connectivity index (χ0) is 23.0. The van der Waals surface area contributed by atoms with Crippen LogP contribution >= 0.6 is 27.5 Å². The third-order valence-corrected chi connectivity index (χ3v) is 5.47. The molecule has 32 heavy (non-hydrogen) atoms. The first kappa shape index (κ1) is 22.8. The number of halogens is 5. The normalized spacial score (nSPS) is 21.1. The number of nitrogens with one attached hydrogen (secondary N) is 1. The Labute approximate surface area is 193 Å². The minimum Gasteiger partial charge on any atom is -0.406 e. The van der Waals surface area contributed by atoms with Crippen molar-refractivity contribution < 1.29 is 27.8 Å². The number of aliphatic hydroxyl groups excluding tert-OH is 1. The van der Waals surface area contributed by atoms with Gasteiger partial charge in [0.25, 0.3) is 5.91 Å². The second kappa shape index (κ2) is 8.85. The molecule has 0 radical (unpaired) electrons. The molecule has 1 aromatic carbocycles. The van der Waals surface area contributed by atoms with Gasteiger partial charge >= 0.3 is 6.36 Å². The average molecular weight is 535 g/mol. The highest BCUT2D eigenvalue weighted by molar-refractivity contribution is 9.10. The van der Waals surface area contributed by atoms with Gasteiger partial charge in [-0.25, -0.2) is 9.99 Å². The number of ether oxygens (including phenoxy) is 1. The van der Waals surface area contributed by atoms with Gasteiger partial charge in [0.2, 0.25) is 0 Å². The fourth-order valence-corrected chi connectivity index (χ4v) is 4.14. The number of benzene rings is 1. The molecule has 3 heterocycles. The number of alkyl halides is 3. The Kier molecular flexibility index (Phi) is 6.30. The Hall–Kier alpha value is -2.41. The minimum atomic E-state index is -4.86. The maximum absolute atomic E-state index is 12.9. The van der Waals surface area contributed by atoms with Crippen molar-refractivity contribution in [1.82, 2.24) is 15.2 Å². The van der Waals surface area contributed by atoms with Crippen LogP contribution in [0.15, 0.2) is 46.0 Å². The first-order valence-electron chi connectivity index (χ1n) is 9.35. The molecule has 0 aliphatic carbocycles. The Morgan fingerprint density at radius 3 is 2.75 bits per heavy atom. The van der Waals surface area contributed by atoms with Crippen LogP contribution in [0.25, 0.3) is 0 Å². The number of aromatic nitrogens is 1. The molecule has 0 saturated carbocycles. The summed E-state index contributed by atoms with van der Waals surface area (Å²) in [5.74, 6) is -0.485. The number of hydrazone groups is 1. The fraction of sp³-hybridized carbons (Fsp3) is 0.316. The number of pyridine rings is 1. The van der Waals surface area contributed by atoms with Crippen LogP contribution in [0.1, 0.15) is 18.0 Å². The Balaban J connectivity index is 1.70. The average Bonchev–Trinajstić information content (AvgIpc) is 3.32.